The normalized spacial score (nSPS) is 33.3. The zero-order valence-electron chi connectivity index (χ0n) is 12.2. The summed E-state index contributed by atoms with van der Waals surface area (Å²) in [6, 6.07) is 6.32. The van der Waals surface area contributed by atoms with Crippen LogP contribution in [0.4, 0.5) is 4.79 Å². The number of nitrogens with one attached hydrogen (secondary N) is 1. The van der Waals surface area contributed by atoms with Gasteiger partial charge in [0.25, 0.3) is 5.91 Å². The average molecular weight is 300 g/mol. The number of cyclic esters (lactones) is 1. The molecule has 1 aromatic carbocycles. The molecule has 0 unspecified atom stereocenters. The molecular weight excluding hydrogens is 284 g/mol. The number of ether oxygens (including phenoxy) is 1. The second-order valence-corrected chi connectivity index (χ2v) is 6.17. The van der Waals surface area contributed by atoms with Crippen molar-refractivity contribution in [2.45, 2.75) is 43.9 Å². The molecule has 22 heavy (non-hydrogen) atoms. The van der Waals surface area contributed by atoms with Gasteiger partial charge in [0.2, 0.25) is 0 Å². The van der Waals surface area contributed by atoms with Gasteiger partial charge in [-0.25, -0.2) is 14.5 Å². The molecule has 2 fully saturated rings. The van der Waals surface area contributed by atoms with Crippen LogP contribution in [0.5, 0.6) is 0 Å². The van der Waals surface area contributed by atoms with E-state index in [9.17, 15) is 14.4 Å². The third-order valence-corrected chi connectivity index (χ3v) is 4.83. The number of nitrogens with zero attached hydrogens (tertiary/aromatic N) is 1. The van der Waals surface area contributed by atoms with E-state index in [1.54, 1.807) is 6.92 Å². The molecule has 6 nitrogen and oxygen atoms in total. The fraction of sp³-hybridized carbons (Fsp3) is 0.438. The van der Waals surface area contributed by atoms with Crippen LogP contribution in [0.2, 0.25) is 0 Å². The average Bonchev–Trinajstić information content (AvgIpc) is 3.09. The number of fused-ring (bicyclic) bond motifs is 2. The van der Waals surface area contributed by atoms with Crippen molar-refractivity contribution in [1.82, 2.24) is 10.2 Å². The first-order valence-corrected chi connectivity index (χ1v) is 7.47. The second kappa shape index (κ2) is 4.32. The first-order chi connectivity index (χ1) is 10.5. The molecule has 1 aliphatic carbocycles. The van der Waals surface area contributed by atoms with Crippen molar-refractivity contribution in [1.29, 1.82) is 0 Å². The van der Waals surface area contributed by atoms with E-state index in [1.165, 1.54) is 0 Å². The first kappa shape index (κ1) is 13.3. The van der Waals surface area contributed by atoms with E-state index >= 15 is 0 Å². The van der Waals surface area contributed by atoms with Crippen molar-refractivity contribution in [2.24, 2.45) is 0 Å². The Hall–Kier alpha value is -2.37. The Labute approximate surface area is 127 Å². The maximum Gasteiger partial charge on any atom is 0.329 e. The number of carbonyl (C=O) groups excluding carboxylic acids is 3. The predicted molar refractivity (Wildman–Crippen MR) is 75.8 cm³/mol. The molecular formula is C16H16N2O4. The smallest absolute Gasteiger partial charge is 0.329 e. The molecule has 114 valence electrons. The fourth-order valence-electron chi connectivity index (χ4n) is 3.79. The Kier molecular flexibility index (Phi) is 2.61. The van der Waals surface area contributed by atoms with E-state index < -0.39 is 23.6 Å². The maximum atomic E-state index is 13.0. The largest absolute Gasteiger partial charge is 0.461 e. The Morgan fingerprint density at radius 2 is 2.05 bits per heavy atom. The summed E-state index contributed by atoms with van der Waals surface area (Å²) in [5, 5.41) is 2.83. The Bertz CT molecular complexity index is 701. The number of rotatable bonds is 1. The van der Waals surface area contributed by atoms with Gasteiger partial charge in [-0.15, -0.1) is 0 Å². The minimum atomic E-state index is -1.01. The topological polar surface area (TPSA) is 75.7 Å². The number of aryl methyl sites for hydroxylation is 1. The van der Waals surface area contributed by atoms with Gasteiger partial charge in [0.05, 0.1) is 0 Å². The minimum absolute atomic E-state index is 0.273. The van der Waals surface area contributed by atoms with Gasteiger partial charge < -0.3 is 10.1 Å². The number of hydrogen-bond donors (Lipinski definition) is 1. The summed E-state index contributed by atoms with van der Waals surface area (Å²) in [6.45, 7) is 1.76. The van der Waals surface area contributed by atoms with Gasteiger partial charge in [-0.3, -0.25) is 4.79 Å². The molecule has 0 radical (unpaired) electrons. The zero-order valence-corrected chi connectivity index (χ0v) is 12.2. The maximum absolute atomic E-state index is 13.0. The zero-order chi connectivity index (χ0) is 15.5. The van der Waals surface area contributed by atoms with Crippen molar-refractivity contribution < 1.29 is 19.1 Å². The Balaban J connectivity index is 1.74. The number of esters is 1. The van der Waals surface area contributed by atoms with Crippen LogP contribution in [0, 0.1) is 0 Å². The lowest BCUT2D eigenvalue weighted by molar-refractivity contribution is -0.147. The molecule has 0 bridgehead atoms. The van der Waals surface area contributed by atoms with Crippen LogP contribution >= 0.6 is 0 Å². The summed E-state index contributed by atoms with van der Waals surface area (Å²) in [4.78, 5) is 38.3. The molecule has 1 N–H and O–H groups in total. The summed E-state index contributed by atoms with van der Waals surface area (Å²) in [7, 11) is 0. The Morgan fingerprint density at radius 3 is 2.77 bits per heavy atom. The van der Waals surface area contributed by atoms with Gasteiger partial charge >= 0.3 is 12.0 Å². The highest BCUT2D eigenvalue weighted by molar-refractivity contribution is 6.10. The summed E-state index contributed by atoms with van der Waals surface area (Å²) >= 11 is 0. The van der Waals surface area contributed by atoms with Crippen molar-refractivity contribution in [2.75, 3.05) is 0 Å². The molecule has 6 heteroatoms. The molecule has 0 aromatic heterocycles. The molecule has 4 rings (SSSR count). The van der Waals surface area contributed by atoms with Crippen LogP contribution in [-0.2, 0) is 26.3 Å². The number of carbonyl (C=O) groups is 3. The monoisotopic (exact) mass is 300 g/mol. The first-order valence-electron chi connectivity index (χ1n) is 7.47. The van der Waals surface area contributed by atoms with Crippen LogP contribution in [0.25, 0.3) is 0 Å². The van der Waals surface area contributed by atoms with Gasteiger partial charge in [0, 0.05) is 6.42 Å². The number of benzene rings is 1. The second-order valence-electron chi connectivity index (χ2n) is 6.17. The molecule has 0 saturated carbocycles. The number of hydrogen-bond acceptors (Lipinski definition) is 4. The summed E-state index contributed by atoms with van der Waals surface area (Å²) in [6.07, 6.45) is 1.35. The molecule has 2 heterocycles. The van der Waals surface area contributed by atoms with Gasteiger partial charge in [-0.2, -0.15) is 0 Å². The highest BCUT2D eigenvalue weighted by Crippen LogP contribution is 2.42. The van der Waals surface area contributed by atoms with E-state index in [0.717, 1.165) is 22.4 Å². The van der Waals surface area contributed by atoms with Gasteiger partial charge in [-0.1, -0.05) is 24.3 Å². The molecule has 3 aliphatic rings. The summed E-state index contributed by atoms with van der Waals surface area (Å²) in [5.74, 6) is -0.835. The highest BCUT2D eigenvalue weighted by atomic mass is 16.6. The number of imide groups is 1. The van der Waals surface area contributed by atoms with Crippen LogP contribution in [0.15, 0.2) is 24.3 Å². The minimum Gasteiger partial charge on any atom is -0.461 e. The van der Waals surface area contributed by atoms with Crippen molar-refractivity contribution in [3.05, 3.63) is 35.4 Å². The molecule has 3 atom stereocenters. The summed E-state index contributed by atoms with van der Waals surface area (Å²) in [5.41, 5.74) is 0.899. The summed E-state index contributed by atoms with van der Waals surface area (Å²) < 4.78 is 5.09. The molecule has 2 saturated heterocycles. The lowest BCUT2D eigenvalue weighted by atomic mass is 9.91. The quantitative estimate of drug-likeness (QED) is 0.622. The van der Waals surface area contributed by atoms with Crippen molar-refractivity contribution in [3.8, 4) is 0 Å². The van der Waals surface area contributed by atoms with Gasteiger partial charge in [0.15, 0.2) is 0 Å². The van der Waals surface area contributed by atoms with Crippen molar-refractivity contribution >= 4 is 17.9 Å². The highest BCUT2D eigenvalue weighted by Gasteiger charge is 2.59. The third-order valence-electron chi connectivity index (χ3n) is 4.83. The SMILES string of the molecule is C[C@@H]1C[C@H](N2C(=O)N[C@@]3(CCc4ccccc43)C2=O)C(=O)O1. The van der Waals surface area contributed by atoms with Crippen LogP contribution in [0.3, 0.4) is 0 Å². The van der Waals surface area contributed by atoms with Crippen LogP contribution in [0.1, 0.15) is 30.9 Å². The van der Waals surface area contributed by atoms with Crippen LogP contribution < -0.4 is 5.32 Å². The Morgan fingerprint density at radius 1 is 1.27 bits per heavy atom. The third kappa shape index (κ3) is 1.58. The lowest BCUT2D eigenvalue weighted by Crippen LogP contribution is -2.45. The fourth-order valence-corrected chi connectivity index (χ4v) is 3.79. The standard InChI is InChI=1S/C16H16N2O4/c1-9-8-12(13(19)22-9)18-14(20)16(17-15(18)21)7-6-10-4-2-3-5-11(10)16/h2-5,9,12H,6-8H2,1H3,(H,17,21)/t9-,12+,16-/m1/s1. The molecule has 1 spiro atoms. The van der Waals surface area contributed by atoms with Gasteiger partial charge in [-0.05, 0) is 30.9 Å². The van der Waals surface area contributed by atoms with E-state index in [-0.39, 0.29) is 12.0 Å². The molecule has 3 amide bonds. The molecule has 2 aliphatic heterocycles. The van der Waals surface area contributed by atoms with E-state index in [2.05, 4.69) is 5.32 Å². The van der Waals surface area contributed by atoms with E-state index in [4.69, 9.17) is 4.74 Å². The van der Waals surface area contributed by atoms with E-state index in [0.29, 0.717) is 12.8 Å². The van der Waals surface area contributed by atoms with E-state index in [1.807, 2.05) is 24.3 Å². The predicted octanol–water partition coefficient (Wildman–Crippen LogP) is 1.08. The van der Waals surface area contributed by atoms with Crippen molar-refractivity contribution in [3.63, 3.8) is 0 Å². The van der Waals surface area contributed by atoms with Crippen LogP contribution in [-0.4, -0.2) is 35.0 Å². The number of amides is 3. The van der Waals surface area contributed by atoms with Gasteiger partial charge in [0.1, 0.15) is 17.7 Å². The molecule has 1 aromatic rings. The lowest BCUT2D eigenvalue weighted by Gasteiger charge is -2.23. The number of urea groups is 1.